The van der Waals surface area contributed by atoms with Crippen molar-refractivity contribution in [1.82, 2.24) is 15.1 Å². The third kappa shape index (κ3) is 4.28. The van der Waals surface area contributed by atoms with Gasteiger partial charge in [-0.2, -0.15) is 5.10 Å². The molecule has 9 heteroatoms. The second kappa shape index (κ2) is 8.54. The third-order valence-electron chi connectivity index (χ3n) is 4.90. The predicted molar refractivity (Wildman–Crippen MR) is 111 cm³/mol. The van der Waals surface area contributed by atoms with Crippen molar-refractivity contribution in [3.8, 4) is 11.5 Å². The number of carbonyl (C=O) groups excluding carboxylic acids is 2. The summed E-state index contributed by atoms with van der Waals surface area (Å²) in [6, 6.07) is 13.4. The zero-order chi connectivity index (χ0) is 21.1. The number of amides is 2. The van der Waals surface area contributed by atoms with Crippen LogP contribution in [-0.2, 0) is 16.1 Å². The largest absolute Gasteiger partial charge is 0.463 e. The van der Waals surface area contributed by atoms with Gasteiger partial charge >= 0.3 is 0 Å². The highest BCUT2D eigenvalue weighted by atomic mass is 35.5. The van der Waals surface area contributed by atoms with E-state index in [0.29, 0.717) is 28.7 Å². The minimum absolute atomic E-state index is 0.110. The first-order valence-corrected chi connectivity index (χ1v) is 9.85. The van der Waals surface area contributed by atoms with Crippen LogP contribution in [0, 0.1) is 5.92 Å². The zero-order valence-corrected chi connectivity index (χ0v) is 16.7. The second-order valence-corrected chi connectivity index (χ2v) is 7.37. The number of aromatic nitrogens is 2. The molecule has 1 saturated heterocycles. The normalized spacial score (nSPS) is 16.1. The Morgan fingerprint density at radius 2 is 1.97 bits per heavy atom. The molecule has 8 nitrogen and oxygen atoms in total. The molecule has 1 atom stereocenters. The van der Waals surface area contributed by atoms with E-state index in [9.17, 15) is 14.4 Å². The van der Waals surface area contributed by atoms with Crippen LogP contribution in [-0.4, -0.2) is 34.7 Å². The van der Waals surface area contributed by atoms with Crippen LogP contribution in [0.4, 0.5) is 5.69 Å². The Labute approximate surface area is 177 Å². The molecule has 154 valence electrons. The maximum absolute atomic E-state index is 12.5. The van der Waals surface area contributed by atoms with Crippen LogP contribution < -0.4 is 15.8 Å². The van der Waals surface area contributed by atoms with Gasteiger partial charge in [-0.25, -0.2) is 4.68 Å². The van der Waals surface area contributed by atoms with E-state index in [-0.39, 0.29) is 36.9 Å². The SMILES string of the molecule is O=C(NCCn1nc(-c2ccco2)ccc1=O)C1CC(=O)N(c2ccc(Cl)cc2)C1. The van der Waals surface area contributed by atoms with Gasteiger partial charge in [0.25, 0.3) is 5.56 Å². The average Bonchev–Trinajstić information content (AvgIpc) is 3.40. The zero-order valence-electron chi connectivity index (χ0n) is 16.0. The molecule has 1 aliphatic rings. The fraction of sp³-hybridized carbons (Fsp3) is 0.238. The number of halogens is 1. The highest BCUT2D eigenvalue weighted by Crippen LogP contribution is 2.26. The van der Waals surface area contributed by atoms with E-state index in [1.165, 1.54) is 17.0 Å². The number of furan rings is 1. The van der Waals surface area contributed by atoms with E-state index >= 15 is 0 Å². The topological polar surface area (TPSA) is 97.4 Å². The third-order valence-corrected chi connectivity index (χ3v) is 5.15. The molecule has 30 heavy (non-hydrogen) atoms. The van der Waals surface area contributed by atoms with Crippen LogP contribution in [0.5, 0.6) is 0 Å². The molecule has 0 bridgehead atoms. The lowest BCUT2D eigenvalue weighted by atomic mass is 10.1. The van der Waals surface area contributed by atoms with Gasteiger partial charge in [-0.05, 0) is 42.5 Å². The molecule has 1 fully saturated rings. The lowest BCUT2D eigenvalue weighted by Gasteiger charge is -2.16. The summed E-state index contributed by atoms with van der Waals surface area (Å²) in [5, 5.41) is 7.64. The van der Waals surface area contributed by atoms with E-state index in [1.807, 2.05) is 0 Å². The Morgan fingerprint density at radius 1 is 1.17 bits per heavy atom. The van der Waals surface area contributed by atoms with Crippen LogP contribution in [0.1, 0.15) is 6.42 Å². The van der Waals surface area contributed by atoms with Gasteiger partial charge in [0.15, 0.2) is 5.76 Å². The molecule has 0 aliphatic carbocycles. The Bertz CT molecular complexity index is 1110. The van der Waals surface area contributed by atoms with Crippen LogP contribution in [0.25, 0.3) is 11.5 Å². The van der Waals surface area contributed by atoms with Crippen molar-refractivity contribution in [3.05, 3.63) is 70.2 Å². The number of carbonyl (C=O) groups is 2. The fourth-order valence-corrected chi connectivity index (χ4v) is 3.47. The molecular formula is C21H19ClN4O4. The van der Waals surface area contributed by atoms with Crippen molar-refractivity contribution >= 4 is 29.1 Å². The Hall–Kier alpha value is -3.39. The van der Waals surface area contributed by atoms with Crippen molar-refractivity contribution < 1.29 is 14.0 Å². The Morgan fingerprint density at radius 3 is 2.70 bits per heavy atom. The second-order valence-electron chi connectivity index (χ2n) is 6.93. The van der Waals surface area contributed by atoms with Crippen LogP contribution in [0.3, 0.4) is 0 Å². The molecule has 2 amide bonds. The van der Waals surface area contributed by atoms with Crippen molar-refractivity contribution in [2.24, 2.45) is 5.92 Å². The summed E-state index contributed by atoms with van der Waals surface area (Å²) >= 11 is 5.89. The van der Waals surface area contributed by atoms with Gasteiger partial charge in [-0.15, -0.1) is 0 Å². The Kier molecular flexibility index (Phi) is 5.67. The van der Waals surface area contributed by atoms with Crippen molar-refractivity contribution in [2.75, 3.05) is 18.0 Å². The number of hydrogen-bond acceptors (Lipinski definition) is 5. The average molecular weight is 427 g/mol. The summed E-state index contributed by atoms with van der Waals surface area (Å²) in [5.41, 5.74) is 0.973. The van der Waals surface area contributed by atoms with Gasteiger partial charge in [0, 0.05) is 36.3 Å². The Balaban J connectivity index is 1.34. The number of anilines is 1. The van der Waals surface area contributed by atoms with Gasteiger partial charge in [-0.1, -0.05) is 11.6 Å². The number of nitrogens with one attached hydrogen (secondary N) is 1. The molecule has 0 radical (unpaired) electrons. The van der Waals surface area contributed by atoms with E-state index in [0.717, 1.165) is 0 Å². The van der Waals surface area contributed by atoms with Crippen LogP contribution in [0.15, 0.2) is 64.0 Å². The number of benzene rings is 1. The van der Waals surface area contributed by atoms with Crippen molar-refractivity contribution in [1.29, 1.82) is 0 Å². The summed E-state index contributed by atoms with van der Waals surface area (Å²) < 4.78 is 6.57. The lowest BCUT2D eigenvalue weighted by Crippen LogP contribution is -2.36. The summed E-state index contributed by atoms with van der Waals surface area (Å²) in [6.45, 7) is 0.734. The number of rotatable bonds is 6. The van der Waals surface area contributed by atoms with E-state index in [4.69, 9.17) is 16.0 Å². The lowest BCUT2D eigenvalue weighted by molar-refractivity contribution is -0.126. The first kappa shape index (κ1) is 19.9. The van der Waals surface area contributed by atoms with Gasteiger partial charge in [0.2, 0.25) is 11.8 Å². The van der Waals surface area contributed by atoms with Gasteiger partial charge in [-0.3, -0.25) is 14.4 Å². The van der Waals surface area contributed by atoms with Crippen LogP contribution >= 0.6 is 11.6 Å². The fourth-order valence-electron chi connectivity index (χ4n) is 3.35. The van der Waals surface area contributed by atoms with E-state index < -0.39 is 5.92 Å². The quantitative estimate of drug-likeness (QED) is 0.652. The first-order valence-electron chi connectivity index (χ1n) is 9.47. The van der Waals surface area contributed by atoms with Crippen LogP contribution in [0.2, 0.25) is 5.02 Å². The molecule has 0 saturated carbocycles. The van der Waals surface area contributed by atoms with Gasteiger partial charge < -0.3 is 14.6 Å². The summed E-state index contributed by atoms with van der Waals surface area (Å²) in [4.78, 5) is 38.4. The van der Waals surface area contributed by atoms with Gasteiger partial charge in [0.1, 0.15) is 5.69 Å². The molecular weight excluding hydrogens is 408 g/mol. The maximum Gasteiger partial charge on any atom is 0.266 e. The van der Waals surface area contributed by atoms with E-state index in [2.05, 4.69) is 10.4 Å². The molecule has 1 unspecified atom stereocenters. The van der Waals surface area contributed by atoms with Gasteiger partial charge in [0.05, 0.1) is 18.7 Å². The summed E-state index contributed by atoms with van der Waals surface area (Å²) in [5.74, 6) is -0.233. The number of hydrogen-bond donors (Lipinski definition) is 1. The molecule has 2 aromatic heterocycles. The predicted octanol–water partition coefficient (Wildman–Crippen LogP) is 2.33. The highest BCUT2D eigenvalue weighted by molar-refractivity contribution is 6.30. The molecule has 3 heterocycles. The molecule has 4 rings (SSSR count). The molecule has 1 aliphatic heterocycles. The minimum atomic E-state index is -0.452. The molecule has 1 N–H and O–H groups in total. The molecule has 0 spiro atoms. The molecule has 3 aromatic rings. The smallest absolute Gasteiger partial charge is 0.266 e. The monoisotopic (exact) mass is 426 g/mol. The summed E-state index contributed by atoms with van der Waals surface area (Å²) in [6.07, 6.45) is 1.67. The molecule has 1 aromatic carbocycles. The van der Waals surface area contributed by atoms with Crippen molar-refractivity contribution in [3.63, 3.8) is 0 Å². The summed E-state index contributed by atoms with van der Waals surface area (Å²) in [7, 11) is 0. The highest BCUT2D eigenvalue weighted by Gasteiger charge is 2.34. The van der Waals surface area contributed by atoms with Crippen molar-refractivity contribution in [2.45, 2.75) is 13.0 Å². The minimum Gasteiger partial charge on any atom is -0.463 e. The number of nitrogens with zero attached hydrogens (tertiary/aromatic N) is 3. The maximum atomic E-state index is 12.5. The van der Waals surface area contributed by atoms with E-state index in [1.54, 1.807) is 47.4 Å². The first-order chi connectivity index (χ1) is 14.5. The standard InChI is InChI=1S/C21H19ClN4O4/c22-15-3-5-16(6-4-15)25-13-14(12-20(25)28)21(29)23-9-10-26-19(27)8-7-17(24-26)18-2-1-11-30-18/h1-8,11,14H,9-10,12-13H2,(H,23,29).